The van der Waals surface area contributed by atoms with Gasteiger partial charge in [0, 0.05) is 25.1 Å². The highest BCUT2D eigenvalue weighted by molar-refractivity contribution is 6.29. The Morgan fingerprint density at radius 2 is 2.33 bits per heavy atom. The number of halogens is 2. The van der Waals surface area contributed by atoms with Gasteiger partial charge in [-0.05, 0) is 6.42 Å². The molecule has 0 aliphatic carbocycles. The molecular formula is C11H12Cl2N4O. The Hall–Kier alpha value is -0.910. The van der Waals surface area contributed by atoms with Crippen LogP contribution in [0.1, 0.15) is 12.2 Å². The first-order valence-corrected chi connectivity index (χ1v) is 6.71. The zero-order chi connectivity index (χ0) is 12.5. The van der Waals surface area contributed by atoms with Crippen LogP contribution in [0.25, 0.3) is 11.2 Å². The maximum atomic E-state index is 5.93. The summed E-state index contributed by atoms with van der Waals surface area (Å²) in [6, 6.07) is 1.71. The first kappa shape index (κ1) is 12.1. The molecule has 1 saturated heterocycles. The van der Waals surface area contributed by atoms with Crippen molar-refractivity contribution in [3.05, 3.63) is 17.0 Å². The van der Waals surface area contributed by atoms with Crippen molar-refractivity contribution in [2.24, 2.45) is 5.92 Å². The van der Waals surface area contributed by atoms with Crippen molar-refractivity contribution < 1.29 is 4.74 Å². The molecule has 0 amide bonds. The molecule has 1 atom stereocenters. The van der Waals surface area contributed by atoms with Crippen LogP contribution in [0.15, 0.2) is 6.07 Å². The van der Waals surface area contributed by atoms with Gasteiger partial charge in [-0.25, -0.2) is 4.98 Å². The molecule has 18 heavy (non-hydrogen) atoms. The fourth-order valence-corrected chi connectivity index (χ4v) is 2.57. The van der Waals surface area contributed by atoms with Gasteiger partial charge in [0.2, 0.25) is 0 Å². The minimum Gasteiger partial charge on any atom is -0.381 e. The van der Waals surface area contributed by atoms with E-state index in [0.29, 0.717) is 17.0 Å². The number of nitrogens with zero attached hydrogens (tertiary/aromatic N) is 4. The lowest BCUT2D eigenvalue weighted by Gasteiger charge is -2.11. The largest absolute Gasteiger partial charge is 0.381 e. The molecule has 2 aromatic rings. The van der Waals surface area contributed by atoms with Gasteiger partial charge < -0.3 is 9.30 Å². The molecule has 5 nitrogen and oxygen atoms in total. The van der Waals surface area contributed by atoms with Crippen molar-refractivity contribution in [2.75, 3.05) is 13.2 Å². The predicted octanol–water partition coefficient (Wildman–Crippen LogP) is 2.25. The van der Waals surface area contributed by atoms with Gasteiger partial charge in [-0.15, -0.1) is 21.8 Å². The van der Waals surface area contributed by atoms with Crippen LogP contribution in [0.3, 0.4) is 0 Å². The Labute approximate surface area is 114 Å². The molecule has 0 bridgehead atoms. The Morgan fingerprint density at radius 3 is 3.06 bits per heavy atom. The lowest BCUT2D eigenvalue weighted by molar-refractivity contribution is 0.182. The monoisotopic (exact) mass is 286 g/mol. The molecule has 1 aliphatic rings. The molecule has 0 saturated carbocycles. The number of alkyl halides is 1. The summed E-state index contributed by atoms with van der Waals surface area (Å²) in [7, 11) is 0. The highest BCUT2D eigenvalue weighted by Crippen LogP contribution is 2.22. The van der Waals surface area contributed by atoms with Crippen LogP contribution in [0.4, 0.5) is 0 Å². The van der Waals surface area contributed by atoms with Crippen LogP contribution in [-0.2, 0) is 17.2 Å². The van der Waals surface area contributed by atoms with Crippen molar-refractivity contribution >= 4 is 34.4 Å². The smallest absolute Gasteiger partial charge is 0.182 e. The van der Waals surface area contributed by atoms with Crippen molar-refractivity contribution in [1.82, 2.24) is 19.7 Å². The highest BCUT2D eigenvalue weighted by atomic mass is 35.5. The molecule has 96 valence electrons. The second-order valence-electron chi connectivity index (χ2n) is 4.38. The van der Waals surface area contributed by atoms with Gasteiger partial charge >= 0.3 is 0 Å². The maximum absolute atomic E-state index is 5.93. The van der Waals surface area contributed by atoms with E-state index in [9.17, 15) is 0 Å². The van der Waals surface area contributed by atoms with E-state index in [1.54, 1.807) is 6.07 Å². The Morgan fingerprint density at radius 1 is 1.44 bits per heavy atom. The summed E-state index contributed by atoms with van der Waals surface area (Å²) in [5.41, 5.74) is 1.48. The number of hydrogen-bond donors (Lipinski definition) is 0. The Kier molecular flexibility index (Phi) is 3.37. The van der Waals surface area contributed by atoms with Crippen LogP contribution in [0, 0.1) is 5.92 Å². The highest BCUT2D eigenvalue weighted by Gasteiger charge is 2.20. The Balaban J connectivity index is 2.01. The summed E-state index contributed by atoms with van der Waals surface area (Å²) in [5.74, 6) is 1.64. The molecule has 1 unspecified atom stereocenters. The average molecular weight is 287 g/mol. The molecular weight excluding hydrogens is 275 g/mol. The number of fused-ring (bicyclic) bond motifs is 1. The zero-order valence-electron chi connectivity index (χ0n) is 9.64. The van der Waals surface area contributed by atoms with Crippen molar-refractivity contribution in [1.29, 1.82) is 0 Å². The van der Waals surface area contributed by atoms with Gasteiger partial charge in [0.1, 0.15) is 11.3 Å². The molecule has 0 aromatic carbocycles. The maximum Gasteiger partial charge on any atom is 0.182 e. The molecule has 3 rings (SSSR count). The molecule has 0 spiro atoms. The van der Waals surface area contributed by atoms with E-state index >= 15 is 0 Å². The van der Waals surface area contributed by atoms with Crippen LogP contribution in [-0.4, -0.2) is 33.0 Å². The van der Waals surface area contributed by atoms with Gasteiger partial charge in [0.05, 0.1) is 12.5 Å². The molecule has 2 aromatic heterocycles. The van der Waals surface area contributed by atoms with Crippen LogP contribution < -0.4 is 0 Å². The quantitative estimate of drug-likeness (QED) is 0.812. The number of ether oxygens (including phenoxy) is 1. The molecule has 3 heterocycles. The predicted molar refractivity (Wildman–Crippen MR) is 68.8 cm³/mol. The minimum absolute atomic E-state index is 0.345. The number of rotatable bonds is 3. The molecule has 1 fully saturated rings. The van der Waals surface area contributed by atoms with E-state index in [1.165, 1.54) is 0 Å². The van der Waals surface area contributed by atoms with Gasteiger partial charge in [-0.3, -0.25) is 0 Å². The summed E-state index contributed by atoms with van der Waals surface area (Å²) in [6.45, 7) is 2.42. The normalized spacial score (nSPS) is 19.8. The lowest BCUT2D eigenvalue weighted by Crippen LogP contribution is -2.13. The van der Waals surface area contributed by atoms with Crippen molar-refractivity contribution in [3.8, 4) is 0 Å². The van der Waals surface area contributed by atoms with E-state index in [-0.39, 0.29) is 0 Å². The van der Waals surface area contributed by atoms with Gasteiger partial charge in [0.15, 0.2) is 10.8 Å². The van der Waals surface area contributed by atoms with Crippen LogP contribution >= 0.6 is 23.2 Å². The number of imidazole rings is 1. The van der Waals surface area contributed by atoms with Crippen LogP contribution in [0.5, 0.6) is 0 Å². The Bertz CT molecular complexity index is 565. The van der Waals surface area contributed by atoms with E-state index in [1.807, 2.05) is 4.57 Å². The summed E-state index contributed by atoms with van der Waals surface area (Å²) in [4.78, 5) is 4.44. The standard InChI is InChI=1S/C11H12Cl2N4O/c12-4-10-14-8-3-9(13)15-16-11(8)17(10)5-7-1-2-18-6-7/h3,7H,1-2,4-6H2. The van der Waals surface area contributed by atoms with Gasteiger partial charge in [-0.2, -0.15) is 0 Å². The summed E-state index contributed by atoms with van der Waals surface area (Å²) >= 11 is 11.8. The summed E-state index contributed by atoms with van der Waals surface area (Å²) in [5, 5.41) is 8.33. The fraction of sp³-hybridized carbons (Fsp3) is 0.545. The summed E-state index contributed by atoms with van der Waals surface area (Å²) < 4.78 is 7.41. The van der Waals surface area contributed by atoms with E-state index in [4.69, 9.17) is 27.9 Å². The zero-order valence-corrected chi connectivity index (χ0v) is 11.2. The van der Waals surface area contributed by atoms with Crippen LogP contribution in [0.2, 0.25) is 5.15 Å². The second kappa shape index (κ2) is 4.99. The minimum atomic E-state index is 0.345. The van der Waals surface area contributed by atoms with E-state index in [2.05, 4.69) is 15.2 Å². The van der Waals surface area contributed by atoms with Crippen molar-refractivity contribution in [2.45, 2.75) is 18.8 Å². The topological polar surface area (TPSA) is 52.8 Å². The van der Waals surface area contributed by atoms with Gasteiger partial charge in [-0.1, -0.05) is 11.6 Å². The van der Waals surface area contributed by atoms with Crippen molar-refractivity contribution in [3.63, 3.8) is 0 Å². The van der Waals surface area contributed by atoms with E-state index in [0.717, 1.165) is 43.2 Å². The molecule has 0 radical (unpaired) electrons. The third kappa shape index (κ3) is 2.18. The average Bonchev–Trinajstić information content (AvgIpc) is 2.97. The molecule has 1 aliphatic heterocycles. The van der Waals surface area contributed by atoms with Gasteiger partial charge in [0.25, 0.3) is 0 Å². The van der Waals surface area contributed by atoms with E-state index < -0.39 is 0 Å². The third-order valence-corrected chi connectivity index (χ3v) is 3.55. The first-order chi connectivity index (χ1) is 8.78. The fourth-order valence-electron chi connectivity index (χ4n) is 2.23. The number of aromatic nitrogens is 4. The summed E-state index contributed by atoms with van der Waals surface area (Å²) in [6.07, 6.45) is 1.06. The number of hydrogen-bond acceptors (Lipinski definition) is 4. The third-order valence-electron chi connectivity index (χ3n) is 3.13. The molecule has 0 N–H and O–H groups in total. The molecule has 7 heteroatoms. The first-order valence-electron chi connectivity index (χ1n) is 5.80. The lowest BCUT2D eigenvalue weighted by atomic mass is 10.1. The second-order valence-corrected chi connectivity index (χ2v) is 5.03. The SMILES string of the molecule is ClCc1nc2cc(Cl)nnc2n1CC1CCOC1.